The van der Waals surface area contributed by atoms with Crippen molar-refractivity contribution >= 4 is 22.9 Å². The van der Waals surface area contributed by atoms with Crippen LogP contribution < -0.4 is 5.32 Å². The summed E-state index contributed by atoms with van der Waals surface area (Å²) in [6, 6.07) is 14.0. The fraction of sp³-hybridized carbons (Fsp3) is 0.227. The van der Waals surface area contributed by atoms with Crippen LogP contribution in [0.4, 0.5) is 4.39 Å². The maximum atomic E-state index is 13.9. The minimum atomic E-state index is -0.382. The van der Waals surface area contributed by atoms with Gasteiger partial charge in [0.25, 0.3) is 5.89 Å². The summed E-state index contributed by atoms with van der Waals surface area (Å²) in [5.41, 5.74) is 4.47. The van der Waals surface area contributed by atoms with Crippen molar-refractivity contribution in [3.63, 3.8) is 0 Å². The van der Waals surface area contributed by atoms with Crippen molar-refractivity contribution in [2.45, 2.75) is 26.8 Å². The molecule has 1 unspecified atom stereocenters. The molecule has 0 aliphatic carbocycles. The zero-order chi connectivity index (χ0) is 20.5. The fourth-order valence-corrected chi connectivity index (χ4v) is 3.91. The molecule has 5 nitrogen and oxygen atoms in total. The van der Waals surface area contributed by atoms with Crippen LogP contribution in [0.5, 0.6) is 0 Å². The molecule has 148 valence electrons. The number of thiocarbonyl (C=S) groups is 1. The number of aryl methyl sites for hydroxylation is 1. The molecule has 7 heteroatoms. The first-order valence-electron chi connectivity index (χ1n) is 9.43. The third-order valence-electron chi connectivity index (χ3n) is 5.06. The molecule has 1 N–H and O–H groups in total. The van der Waals surface area contributed by atoms with Crippen molar-refractivity contribution in [1.82, 2.24) is 20.4 Å². The topological polar surface area (TPSA) is 54.2 Å². The number of halogens is 1. The third kappa shape index (κ3) is 3.65. The van der Waals surface area contributed by atoms with Crippen molar-refractivity contribution in [1.29, 1.82) is 0 Å². The molecule has 2 aromatic carbocycles. The third-order valence-corrected chi connectivity index (χ3v) is 5.40. The molecule has 1 atom stereocenters. The minimum Gasteiger partial charge on any atom is -0.351 e. The molecule has 0 amide bonds. The minimum absolute atomic E-state index is 0.309. The van der Waals surface area contributed by atoms with E-state index >= 15 is 0 Å². The average Bonchev–Trinajstić information content (AvgIpc) is 3.18. The van der Waals surface area contributed by atoms with Gasteiger partial charge in [-0.15, -0.1) is 0 Å². The van der Waals surface area contributed by atoms with Gasteiger partial charge in [0.15, 0.2) is 5.11 Å². The van der Waals surface area contributed by atoms with Crippen molar-refractivity contribution in [3.8, 4) is 11.4 Å². The highest BCUT2D eigenvalue weighted by atomic mass is 32.1. The van der Waals surface area contributed by atoms with Crippen LogP contribution in [-0.2, 0) is 0 Å². The van der Waals surface area contributed by atoms with Gasteiger partial charge in [0.1, 0.15) is 5.82 Å². The van der Waals surface area contributed by atoms with Crippen LogP contribution in [0.3, 0.4) is 0 Å². The number of nitrogens with zero attached hydrogens (tertiary/aromatic N) is 3. The van der Waals surface area contributed by atoms with Crippen LogP contribution in [0.25, 0.3) is 17.0 Å². The lowest BCUT2D eigenvalue weighted by Crippen LogP contribution is -2.45. The van der Waals surface area contributed by atoms with E-state index < -0.39 is 0 Å². The second kappa shape index (κ2) is 7.75. The summed E-state index contributed by atoms with van der Waals surface area (Å²) in [6.45, 7) is 6.70. The van der Waals surface area contributed by atoms with Gasteiger partial charge in [-0.2, -0.15) is 4.98 Å². The second-order valence-corrected chi connectivity index (χ2v) is 7.36. The Hall–Kier alpha value is -3.06. The Balaban J connectivity index is 1.81. The summed E-state index contributed by atoms with van der Waals surface area (Å²) in [5, 5.41) is 8.05. The highest BCUT2D eigenvalue weighted by Crippen LogP contribution is 2.37. The van der Waals surface area contributed by atoms with E-state index in [-0.39, 0.29) is 11.9 Å². The van der Waals surface area contributed by atoms with Crippen LogP contribution >= 0.6 is 12.2 Å². The van der Waals surface area contributed by atoms with E-state index in [0.29, 0.717) is 23.4 Å². The van der Waals surface area contributed by atoms with Gasteiger partial charge in [0, 0.05) is 17.8 Å². The molecular weight excluding hydrogens is 387 g/mol. The van der Waals surface area contributed by atoms with Crippen molar-refractivity contribution in [2.24, 2.45) is 0 Å². The number of allylic oxidation sites excluding steroid dienone is 1. The molecule has 0 radical (unpaired) electrons. The number of benzene rings is 2. The van der Waals surface area contributed by atoms with Gasteiger partial charge in [-0.1, -0.05) is 47.1 Å². The Labute approximate surface area is 174 Å². The zero-order valence-electron chi connectivity index (χ0n) is 16.4. The Bertz CT molecular complexity index is 1090. The average molecular weight is 409 g/mol. The summed E-state index contributed by atoms with van der Waals surface area (Å²) >= 11 is 5.53. The van der Waals surface area contributed by atoms with Crippen LogP contribution in [0, 0.1) is 12.7 Å². The molecule has 2 heterocycles. The monoisotopic (exact) mass is 408 g/mol. The van der Waals surface area contributed by atoms with Gasteiger partial charge < -0.3 is 14.7 Å². The van der Waals surface area contributed by atoms with E-state index in [1.807, 2.05) is 56.0 Å². The highest BCUT2D eigenvalue weighted by molar-refractivity contribution is 7.80. The lowest BCUT2D eigenvalue weighted by molar-refractivity contribution is 0.398. The van der Waals surface area contributed by atoms with Crippen LogP contribution in [0.2, 0.25) is 0 Å². The molecule has 0 saturated heterocycles. The summed E-state index contributed by atoms with van der Waals surface area (Å²) in [7, 11) is 0. The predicted molar refractivity (Wildman–Crippen MR) is 114 cm³/mol. The molecule has 0 saturated carbocycles. The van der Waals surface area contributed by atoms with Crippen molar-refractivity contribution < 1.29 is 8.91 Å². The molecular formula is C22H21FN4OS. The van der Waals surface area contributed by atoms with Gasteiger partial charge in [-0.3, -0.25) is 0 Å². The Morgan fingerprint density at radius 1 is 1.17 bits per heavy atom. The standard InChI is InChI=1S/C22H21FN4OS/c1-4-27-14(3)18(19(24-22(27)29)16-6-5-7-17(23)12-16)21-25-20(26-28-21)15-10-8-13(2)9-11-15/h5-12,19H,4H2,1-3H3,(H,24,29). The van der Waals surface area contributed by atoms with E-state index in [1.54, 1.807) is 6.07 Å². The molecule has 0 fully saturated rings. The van der Waals surface area contributed by atoms with Crippen LogP contribution in [0.15, 0.2) is 58.8 Å². The van der Waals surface area contributed by atoms with Gasteiger partial charge in [-0.05, 0) is 50.7 Å². The molecule has 1 aliphatic rings. The van der Waals surface area contributed by atoms with Crippen LogP contribution in [-0.4, -0.2) is 26.7 Å². The Morgan fingerprint density at radius 2 is 1.93 bits per heavy atom. The predicted octanol–water partition coefficient (Wildman–Crippen LogP) is 4.87. The number of hydrogen-bond acceptors (Lipinski definition) is 4. The number of rotatable bonds is 4. The summed E-state index contributed by atoms with van der Waals surface area (Å²) < 4.78 is 19.6. The zero-order valence-corrected chi connectivity index (χ0v) is 17.3. The van der Waals surface area contributed by atoms with Gasteiger partial charge in [0.05, 0.1) is 11.6 Å². The molecule has 3 aromatic rings. The number of nitrogens with one attached hydrogen (secondary N) is 1. The first-order valence-corrected chi connectivity index (χ1v) is 9.84. The molecule has 4 rings (SSSR count). The molecule has 29 heavy (non-hydrogen) atoms. The van der Waals surface area contributed by atoms with Gasteiger partial charge in [0.2, 0.25) is 5.82 Å². The molecule has 0 spiro atoms. The normalized spacial score (nSPS) is 16.9. The van der Waals surface area contributed by atoms with Gasteiger partial charge >= 0.3 is 0 Å². The summed E-state index contributed by atoms with van der Waals surface area (Å²) in [5.74, 6) is 0.589. The summed E-state index contributed by atoms with van der Waals surface area (Å²) in [4.78, 5) is 6.61. The smallest absolute Gasteiger partial charge is 0.258 e. The van der Waals surface area contributed by atoms with E-state index in [1.165, 1.54) is 12.1 Å². The van der Waals surface area contributed by atoms with Crippen molar-refractivity contribution in [2.75, 3.05) is 6.54 Å². The van der Waals surface area contributed by atoms with E-state index in [4.69, 9.17) is 16.7 Å². The first-order chi connectivity index (χ1) is 14.0. The maximum Gasteiger partial charge on any atom is 0.258 e. The maximum absolute atomic E-state index is 13.9. The molecule has 1 aromatic heterocycles. The van der Waals surface area contributed by atoms with E-state index in [2.05, 4.69) is 15.5 Å². The molecule has 1 aliphatic heterocycles. The lowest BCUT2D eigenvalue weighted by atomic mass is 9.94. The number of aromatic nitrogens is 2. The summed E-state index contributed by atoms with van der Waals surface area (Å²) in [6.07, 6.45) is 0. The van der Waals surface area contributed by atoms with E-state index in [9.17, 15) is 4.39 Å². The largest absolute Gasteiger partial charge is 0.351 e. The van der Waals surface area contributed by atoms with E-state index in [0.717, 1.165) is 28.0 Å². The van der Waals surface area contributed by atoms with Crippen molar-refractivity contribution in [3.05, 3.63) is 77.1 Å². The number of hydrogen-bond donors (Lipinski definition) is 1. The Morgan fingerprint density at radius 3 is 2.62 bits per heavy atom. The van der Waals surface area contributed by atoms with Crippen LogP contribution in [0.1, 0.15) is 36.9 Å². The SMILES string of the molecule is CCN1C(=S)NC(c2cccc(F)c2)C(c2nc(-c3ccc(C)cc3)no2)=C1C. The fourth-order valence-electron chi connectivity index (χ4n) is 3.53. The second-order valence-electron chi connectivity index (χ2n) is 6.97. The lowest BCUT2D eigenvalue weighted by Gasteiger charge is -2.36. The highest BCUT2D eigenvalue weighted by Gasteiger charge is 2.33. The molecule has 0 bridgehead atoms. The van der Waals surface area contributed by atoms with Gasteiger partial charge in [-0.25, -0.2) is 4.39 Å². The first kappa shape index (κ1) is 19.3. The Kier molecular flexibility index (Phi) is 5.15. The quantitative estimate of drug-likeness (QED) is 0.622.